The molecule has 5 nitrogen and oxygen atoms in total. The Morgan fingerprint density at radius 2 is 1.77 bits per heavy atom. The van der Waals surface area contributed by atoms with Gasteiger partial charge in [-0.2, -0.15) is 0 Å². The lowest BCUT2D eigenvalue weighted by atomic mass is 10.1. The van der Waals surface area contributed by atoms with E-state index in [-0.39, 0.29) is 17.7 Å². The summed E-state index contributed by atoms with van der Waals surface area (Å²) in [4.78, 5) is 27.8. The van der Waals surface area contributed by atoms with Gasteiger partial charge in [-0.15, -0.1) is 0 Å². The number of amides is 2. The zero-order valence-electron chi connectivity index (χ0n) is 13.6. The molecule has 120 valence electrons. The third kappa shape index (κ3) is 3.78. The first-order valence-corrected chi connectivity index (χ1v) is 7.95. The van der Waals surface area contributed by atoms with E-state index < -0.39 is 0 Å². The summed E-state index contributed by atoms with van der Waals surface area (Å²) in [6, 6.07) is 7.85. The molecular formula is C17H25N3O2. The van der Waals surface area contributed by atoms with Crippen molar-refractivity contribution < 1.29 is 9.59 Å². The molecule has 1 aliphatic heterocycles. The molecule has 22 heavy (non-hydrogen) atoms. The van der Waals surface area contributed by atoms with Gasteiger partial charge in [-0.3, -0.25) is 9.59 Å². The highest BCUT2D eigenvalue weighted by Gasteiger charge is 2.22. The molecule has 1 fully saturated rings. The molecule has 0 aromatic heterocycles. The van der Waals surface area contributed by atoms with Crippen molar-refractivity contribution in [1.82, 2.24) is 4.90 Å². The first-order chi connectivity index (χ1) is 10.5. The van der Waals surface area contributed by atoms with E-state index in [1.807, 2.05) is 49.9 Å². The fourth-order valence-electron chi connectivity index (χ4n) is 2.55. The number of hydrogen-bond donors (Lipinski definition) is 1. The van der Waals surface area contributed by atoms with Crippen molar-refractivity contribution in [2.45, 2.75) is 27.2 Å². The van der Waals surface area contributed by atoms with Crippen molar-refractivity contribution in [1.29, 1.82) is 0 Å². The van der Waals surface area contributed by atoms with Gasteiger partial charge in [0.1, 0.15) is 0 Å². The van der Waals surface area contributed by atoms with Gasteiger partial charge in [0.25, 0.3) is 0 Å². The highest BCUT2D eigenvalue weighted by atomic mass is 16.2. The van der Waals surface area contributed by atoms with E-state index in [1.165, 1.54) is 0 Å². The van der Waals surface area contributed by atoms with E-state index in [2.05, 4.69) is 10.2 Å². The van der Waals surface area contributed by atoms with Crippen molar-refractivity contribution >= 4 is 23.2 Å². The molecule has 1 aliphatic rings. The van der Waals surface area contributed by atoms with Gasteiger partial charge in [0.05, 0.1) is 11.4 Å². The minimum atomic E-state index is -0.0490. The average Bonchev–Trinajstić information content (AvgIpc) is 2.54. The van der Waals surface area contributed by atoms with Gasteiger partial charge in [0.15, 0.2) is 0 Å². The number of piperazine rings is 1. The monoisotopic (exact) mass is 303 g/mol. The van der Waals surface area contributed by atoms with Gasteiger partial charge in [-0.05, 0) is 12.1 Å². The standard InChI is InChI=1S/C17H25N3O2/c1-4-16(21)20-11-9-19(10-12-20)15-8-6-5-7-14(15)18-17(22)13(2)3/h5-8,13H,4,9-12H2,1-3H3,(H,18,22). The molecule has 1 N–H and O–H groups in total. The minimum Gasteiger partial charge on any atom is -0.366 e. The highest BCUT2D eigenvalue weighted by Crippen LogP contribution is 2.27. The van der Waals surface area contributed by atoms with Crippen molar-refractivity contribution in [3.63, 3.8) is 0 Å². The Bertz CT molecular complexity index is 534. The lowest BCUT2D eigenvalue weighted by molar-refractivity contribution is -0.131. The van der Waals surface area contributed by atoms with E-state index in [9.17, 15) is 9.59 Å². The van der Waals surface area contributed by atoms with Crippen LogP contribution in [-0.2, 0) is 9.59 Å². The summed E-state index contributed by atoms with van der Waals surface area (Å²) in [7, 11) is 0. The normalized spacial score (nSPS) is 15.1. The molecule has 2 amide bonds. The Morgan fingerprint density at radius 1 is 1.14 bits per heavy atom. The molecule has 0 unspecified atom stereocenters. The molecule has 2 rings (SSSR count). The predicted octanol–water partition coefficient (Wildman–Crippen LogP) is 2.34. The predicted molar refractivity (Wildman–Crippen MR) is 89.0 cm³/mol. The number of hydrogen-bond acceptors (Lipinski definition) is 3. The molecular weight excluding hydrogens is 278 g/mol. The first kappa shape index (κ1) is 16.3. The topological polar surface area (TPSA) is 52.7 Å². The Balaban J connectivity index is 2.07. The SMILES string of the molecule is CCC(=O)N1CCN(c2ccccc2NC(=O)C(C)C)CC1. The zero-order valence-corrected chi connectivity index (χ0v) is 13.6. The van der Waals surface area contributed by atoms with Crippen LogP contribution in [0.5, 0.6) is 0 Å². The van der Waals surface area contributed by atoms with Crippen LogP contribution in [0, 0.1) is 5.92 Å². The second-order valence-corrected chi connectivity index (χ2v) is 5.88. The fourth-order valence-corrected chi connectivity index (χ4v) is 2.55. The molecule has 0 aliphatic carbocycles. The number of nitrogens with zero attached hydrogens (tertiary/aromatic N) is 2. The zero-order chi connectivity index (χ0) is 16.1. The summed E-state index contributed by atoms with van der Waals surface area (Å²) < 4.78 is 0. The van der Waals surface area contributed by atoms with Crippen molar-refractivity contribution in [2.24, 2.45) is 5.92 Å². The van der Waals surface area contributed by atoms with Crippen molar-refractivity contribution in [3.05, 3.63) is 24.3 Å². The van der Waals surface area contributed by atoms with Crippen LogP contribution in [0.15, 0.2) is 24.3 Å². The molecule has 1 aromatic carbocycles. The van der Waals surface area contributed by atoms with E-state index in [0.717, 1.165) is 37.6 Å². The van der Waals surface area contributed by atoms with Crippen LogP contribution in [0.3, 0.4) is 0 Å². The largest absolute Gasteiger partial charge is 0.366 e. The number of carbonyl (C=O) groups excluding carboxylic acids is 2. The number of benzene rings is 1. The Kier molecular flexibility index (Phi) is 5.41. The quantitative estimate of drug-likeness (QED) is 0.929. The van der Waals surface area contributed by atoms with Crippen molar-refractivity contribution in [2.75, 3.05) is 36.4 Å². The Hall–Kier alpha value is -2.04. The average molecular weight is 303 g/mol. The Labute approximate surface area is 132 Å². The third-order valence-electron chi connectivity index (χ3n) is 3.96. The molecule has 0 spiro atoms. The molecule has 1 aromatic rings. The maximum absolute atomic E-state index is 11.9. The van der Waals surface area contributed by atoms with E-state index in [0.29, 0.717) is 6.42 Å². The highest BCUT2D eigenvalue weighted by molar-refractivity contribution is 5.95. The molecule has 5 heteroatoms. The van der Waals surface area contributed by atoms with E-state index >= 15 is 0 Å². The number of carbonyl (C=O) groups is 2. The lowest BCUT2D eigenvalue weighted by Crippen LogP contribution is -2.48. The third-order valence-corrected chi connectivity index (χ3v) is 3.96. The molecule has 0 bridgehead atoms. The Morgan fingerprint density at radius 3 is 2.36 bits per heavy atom. The molecule has 1 heterocycles. The fraction of sp³-hybridized carbons (Fsp3) is 0.529. The van der Waals surface area contributed by atoms with E-state index in [1.54, 1.807) is 0 Å². The number of rotatable bonds is 4. The van der Waals surface area contributed by atoms with Crippen LogP contribution in [0.25, 0.3) is 0 Å². The van der Waals surface area contributed by atoms with Crippen LogP contribution < -0.4 is 10.2 Å². The van der Waals surface area contributed by atoms with Crippen LogP contribution >= 0.6 is 0 Å². The summed E-state index contributed by atoms with van der Waals surface area (Å²) in [5.74, 6) is 0.181. The molecule has 0 radical (unpaired) electrons. The maximum Gasteiger partial charge on any atom is 0.226 e. The van der Waals surface area contributed by atoms with Crippen LogP contribution in [0.1, 0.15) is 27.2 Å². The van der Waals surface area contributed by atoms with E-state index in [4.69, 9.17) is 0 Å². The molecule has 0 saturated carbocycles. The summed E-state index contributed by atoms with van der Waals surface area (Å²) in [5.41, 5.74) is 1.87. The van der Waals surface area contributed by atoms with Crippen LogP contribution in [0.2, 0.25) is 0 Å². The van der Waals surface area contributed by atoms with Gasteiger partial charge >= 0.3 is 0 Å². The van der Waals surface area contributed by atoms with Crippen LogP contribution in [-0.4, -0.2) is 42.9 Å². The van der Waals surface area contributed by atoms with Gasteiger partial charge in [0, 0.05) is 38.5 Å². The number of para-hydroxylation sites is 2. The molecule has 0 atom stereocenters. The second-order valence-electron chi connectivity index (χ2n) is 5.88. The van der Waals surface area contributed by atoms with Gasteiger partial charge in [0.2, 0.25) is 11.8 Å². The van der Waals surface area contributed by atoms with Crippen molar-refractivity contribution in [3.8, 4) is 0 Å². The smallest absolute Gasteiger partial charge is 0.226 e. The van der Waals surface area contributed by atoms with Crippen LogP contribution in [0.4, 0.5) is 11.4 Å². The first-order valence-electron chi connectivity index (χ1n) is 7.95. The number of nitrogens with one attached hydrogen (secondary N) is 1. The van der Waals surface area contributed by atoms with Gasteiger partial charge in [-0.1, -0.05) is 32.9 Å². The van der Waals surface area contributed by atoms with Gasteiger partial charge in [-0.25, -0.2) is 0 Å². The minimum absolute atomic E-state index is 0.0206. The maximum atomic E-state index is 11.9. The second kappa shape index (κ2) is 7.29. The number of anilines is 2. The van der Waals surface area contributed by atoms with Gasteiger partial charge < -0.3 is 15.1 Å². The molecule has 1 saturated heterocycles. The summed E-state index contributed by atoms with van der Waals surface area (Å²) in [6.45, 7) is 8.71. The summed E-state index contributed by atoms with van der Waals surface area (Å²) in [6.07, 6.45) is 0.557. The summed E-state index contributed by atoms with van der Waals surface area (Å²) in [5, 5.41) is 2.99. The summed E-state index contributed by atoms with van der Waals surface area (Å²) >= 11 is 0. The lowest BCUT2D eigenvalue weighted by Gasteiger charge is -2.37.